The topological polar surface area (TPSA) is 82.1 Å². The van der Waals surface area contributed by atoms with Crippen molar-refractivity contribution in [3.8, 4) is 0 Å². The van der Waals surface area contributed by atoms with Crippen molar-refractivity contribution >= 4 is 12.0 Å². The van der Waals surface area contributed by atoms with Crippen molar-refractivity contribution in [1.82, 2.24) is 15.1 Å². The van der Waals surface area contributed by atoms with Crippen LogP contribution in [0, 0.1) is 12.7 Å². The van der Waals surface area contributed by atoms with E-state index < -0.39 is 5.97 Å². The molecule has 26 heavy (non-hydrogen) atoms. The number of rotatable bonds is 7. The maximum atomic E-state index is 13.7. The lowest BCUT2D eigenvalue weighted by Gasteiger charge is -2.34. The van der Waals surface area contributed by atoms with Gasteiger partial charge in [-0.2, -0.15) is 0 Å². The first kappa shape index (κ1) is 20.1. The Morgan fingerprint density at radius 2 is 2.23 bits per heavy atom. The largest absolute Gasteiger partial charge is 0.480 e. The van der Waals surface area contributed by atoms with Gasteiger partial charge in [0.2, 0.25) is 0 Å². The molecule has 1 aromatic carbocycles. The number of ether oxygens (including phenoxy) is 1. The minimum Gasteiger partial charge on any atom is -0.480 e. The van der Waals surface area contributed by atoms with Crippen LogP contribution < -0.4 is 5.32 Å². The zero-order chi connectivity index (χ0) is 19.1. The molecule has 0 saturated carbocycles. The van der Waals surface area contributed by atoms with Gasteiger partial charge in [-0.05, 0) is 32.0 Å². The Labute approximate surface area is 152 Å². The molecule has 1 saturated heterocycles. The fraction of sp³-hybridized carbons (Fsp3) is 0.556. The van der Waals surface area contributed by atoms with E-state index in [1.807, 2.05) is 6.92 Å². The molecule has 2 N–H and O–H groups in total. The predicted octanol–water partition coefficient (Wildman–Crippen LogP) is 1.10. The first-order chi connectivity index (χ1) is 12.3. The number of hydrogen-bond acceptors (Lipinski definition) is 4. The van der Waals surface area contributed by atoms with E-state index in [1.54, 1.807) is 29.0 Å². The molecule has 0 aliphatic carbocycles. The monoisotopic (exact) mass is 367 g/mol. The van der Waals surface area contributed by atoms with Gasteiger partial charge in [-0.25, -0.2) is 9.18 Å². The molecule has 1 aromatic rings. The number of carboxylic acids is 1. The Balaban J connectivity index is 1.77. The molecule has 7 nitrogen and oxygen atoms in total. The molecule has 0 radical (unpaired) electrons. The van der Waals surface area contributed by atoms with Crippen molar-refractivity contribution in [2.75, 3.05) is 46.4 Å². The van der Waals surface area contributed by atoms with E-state index >= 15 is 0 Å². The number of aliphatic carboxylic acids is 1. The Morgan fingerprint density at radius 1 is 1.46 bits per heavy atom. The number of nitrogens with one attached hydrogen (secondary N) is 1. The minimum absolute atomic E-state index is 0.0753. The van der Waals surface area contributed by atoms with Gasteiger partial charge in [-0.15, -0.1) is 0 Å². The summed E-state index contributed by atoms with van der Waals surface area (Å²) in [5, 5.41) is 11.6. The molecule has 144 valence electrons. The molecule has 1 fully saturated rings. The van der Waals surface area contributed by atoms with E-state index in [9.17, 15) is 14.0 Å². The van der Waals surface area contributed by atoms with Gasteiger partial charge in [-0.1, -0.05) is 17.7 Å². The van der Waals surface area contributed by atoms with Gasteiger partial charge in [0, 0.05) is 26.2 Å². The second-order valence-electron chi connectivity index (χ2n) is 6.61. The van der Waals surface area contributed by atoms with Crippen molar-refractivity contribution < 1.29 is 23.8 Å². The molecule has 1 unspecified atom stereocenters. The van der Waals surface area contributed by atoms with Crippen molar-refractivity contribution in [2.45, 2.75) is 19.4 Å². The van der Waals surface area contributed by atoms with Crippen LogP contribution in [0.2, 0.25) is 0 Å². The normalized spacial score (nSPS) is 17.4. The zero-order valence-electron chi connectivity index (χ0n) is 15.2. The molecule has 0 aromatic heterocycles. The van der Waals surface area contributed by atoms with E-state index in [4.69, 9.17) is 9.84 Å². The van der Waals surface area contributed by atoms with Gasteiger partial charge in [0.25, 0.3) is 0 Å². The van der Waals surface area contributed by atoms with Crippen LogP contribution in [0.1, 0.15) is 11.1 Å². The smallest absolute Gasteiger partial charge is 0.317 e. The Bertz CT molecular complexity index is 641. The summed E-state index contributed by atoms with van der Waals surface area (Å²) in [6, 6.07) is 4.72. The fourth-order valence-electron chi connectivity index (χ4n) is 2.97. The highest BCUT2D eigenvalue weighted by atomic mass is 19.1. The highest BCUT2D eigenvalue weighted by molar-refractivity contribution is 5.74. The summed E-state index contributed by atoms with van der Waals surface area (Å²) in [6.07, 6.45) is 0.196. The van der Waals surface area contributed by atoms with Crippen molar-refractivity contribution in [2.24, 2.45) is 0 Å². The van der Waals surface area contributed by atoms with Gasteiger partial charge in [0.05, 0.1) is 19.3 Å². The Kier molecular flexibility index (Phi) is 7.35. The first-order valence-corrected chi connectivity index (χ1v) is 8.65. The number of amides is 2. The van der Waals surface area contributed by atoms with E-state index in [-0.39, 0.29) is 24.5 Å². The zero-order valence-corrected chi connectivity index (χ0v) is 15.2. The van der Waals surface area contributed by atoms with Gasteiger partial charge in [0.1, 0.15) is 5.82 Å². The number of carbonyl (C=O) groups is 2. The third-order valence-electron chi connectivity index (χ3n) is 4.22. The fourth-order valence-corrected chi connectivity index (χ4v) is 2.97. The van der Waals surface area contributed by atoms with Crippen LogP contribution in [-0.4, -0.2) is 79.4 Å². The summed E-state index contributed by atoms with van der Waals surface area (Å²) in [5.41, 5.74) is 1.56. The molecule has 1 heterocycles. The van der Waals surface area contributed by atoms with E-state index in [2.05, 4.69) is 5.32 Å². The summed E-state index contributed by atoms with van der Waals surface area (Å²) >= 11 is 0. The first-order valence-electron chi connectivity index (χ1n) is 8.65. The van der Waals surface area contributed by atoms with Crippen LogP contribution in [-0.2, 0) is 16.0 Å². The molecule has 1 aliphatic rings. The molecule has 8 heteroatoms. The van der Waals surface area contributed by atoms with Crippen LogP contribution in [0.4, 0.5) is 9.18 Å². The third kappa shape index (κ3) is 6.27. The van der Waals surface area contributed by atoms with Gasteiger partial charge in [-0.3, -0.25) is 9.69 Å². The number of carboxylic acid groups (broad SMARTS) is 1. The molecule has 2 amide bonds. The van der Waals surface area contributed by atoms with E-state index in [0.29, 0.717) is 44.8 Å². The quantitative estimate of drug-likeness (QED) is 0.754. The van der Waals surface area contributed by atoms with Crippen molar-refractivity contribution in [3.63, 3.8) is 0 Å². The van der Waals surface area contributed by atoms with E-state index in [1.165, 1.54) is 6.07 Å². The summed E-state index contributed by atoms with van der Waals surface area (Å²) in [7, 11) is 1.70. The van der Waals surface area contributed by atoms with Gasteiger partial charge < -0.3 is 20.1 Å². The number of aryl methyl sites for hydroxylation is 1. The number of urea groups is 1. The highest BCUT2D eigenvalue weighted by Gasteiger charge is 2.25. The summed E-state index contributed by atoms with van der Waals surface area (Å²) in [4.78, 5) is 26.3. The molecular weight excluding hydrogens is 341 g/mol. The number of carbonyl (C=O) groups excluding carboxylic acids is 1. The third-order valence-corrected chi connectivity index (χ3v) is 4.22. The number of benzene rings is 1. The Hall–Kier alpha value is -2.19. The van der Waals surface area contributed by atoms with Crippen molar-refractivity contribution in [3.05, 3.63) is 35.1 Å². The summed E-state index contributed by atoms with van der Waals surface area (Å²) in [6.45, 7) is 3.89. The standard InChI is InChI=1S/C18H26FN3O4/c1-13-3-4-16(19)14(9-13)5-6-20-18(25)22-7-8-26-15(11-22)10-21(2)12-17(23)24/h3-4,9,15H,5-8,10-12H2,1-2H3,(H,20,25)(H,23,24). The average Bonchev–Trinajstić information content (AvgIpc) is 2.57. The maximum Gasteiger partial charge on any atom is 0.317 e. The van der Waals surface area contributed by atoms with Crippen LogP contribution in [0.5, 0.6) is 0 Å². The number of nitrogens with zero attached hydrogens (tertiary/aromatic N) is 2. The lowest BCUT2D eigenvalue weighted by atomic mass is 10.1. The van der Waals surface area contributed by atoms with Crippen LogP contribution in [0.25, 0.3) is 0 Å². The van der Waals surface area contributed by atoms with Gasteiger partial charge in [0.15, 0.2) is 0 Å². The molecule has 0 bridgehead atoms. The summed E-state index contributed by atoms with van der Waals surface area (Å²) < 4.78 is 19.3. The number of likely N-dealkylation sites (N-methyl/N-ethyl adjacent to an activating group) is 1. The Morgan fingerprint density at radius 3 is 2.96 bits per heavy atom. The molecule has 1 aliphatic heterocycles. The maximum absolute atomic E-state index is 13.7. The second-order valence-corrected chi connectivity index (χ2v) is 6.61. The second kappa shape index (κ2) is 9.49. The van der Waals surface area contributed by atoms with Crippen LogP contribution in [0.15, 0.2) is 18.2 Å². The SMILES string of the molecule is Cc1ccc(F)c(CCNC(=O)N2CCOC(CN(C)CC(=O)O)C2)c1. The van der Waals surface area contributed by atoms with Crippen molar-refractivity contribution in [1.29, 1.82) is 0 Å². The van der Waals surface area contributed by atoms with Gasteiger partial charge >= 0.3 is 12.0 Å². The van der Waals surface area contributed by atoms with Crippen LogP contribution >= 0.6 is 0 Å². The molecule has 0 spiro atoms. The highest BCUT2D eigenvalue weighted by Crippen LogP contribution is 2.11. The summed E-state index contributed by atoms with van der Waals surface area (Å²) in [5.74, 6) is -1.17. The molecular formula is C18H26FN3O4. The number of halogens is 1. The molecule has 2 rings (SSSR count). The minimum atomic E-state index is -0.902. The number of morpholine rings is 1. The average molecular weight is 367 g/mol. The lowest BCUT2D eigenvalue weighted by molar-refractivity contribution is -0.138. The predicted molar refractivity (Wildman–Crippen MR) is 94.7 cm³/mol. The lowest BCUT2D eigenvalue weighted by Crippen LogP contribution is -2.52. The van der Waals surface area contributed by atoms with E-state index in [0.717, 1.165) is 5.56 Å². The van der Waals surface area contributed by atoms with Crippen LogP contribution in [0.3, 0.4) is 0 Å². The molecule has 1 atom stereocenters. The number of hydrogen-bond donors (Lipinski definition) is 2.